The second-order valence-corrected chi connectivity index (χ2v) is 8.65. The van der Waals surface area contributed by atoms with Crippen molar-refractivity contribution in [3.8, 4) is 0 Å². The van der Waals surface area contributed by atoms with Crippen LogP contribution in [-0.4, -0.2) is 48.5 Å². The van der Waals surface area contributed by atoms with Gasteiger partial charge < -0.3 is 15.5 Å². The molecule has 0 radical (unpaired) electrons. The minimum absolute atomic E-state index is 0.0601. The maximum Gasteiger partial charge on any atom is 0.293 e. The molecule has 2 fully saturated rings. The number of hydrogen-bond donors (Lipinski definition) is 2. The Bertz CT molecular complexity index is 698. The Kier molecular flexibility index (Phi) is 6.46. The van der Waals surface area contributed by atoms with Crippen LogP contribution in [0.15, 0.2) is 12.1 Å². The summed E-state index contributed by atoms with van der Waals surface area (Å²) in [6.45, 7) is 3.92. The number of thioether (sulfide) groups is 1. The molecule has 148 valence electrons. The van der Waals surface area contributed by atoms with Crippen molar-refractivity contribution < 1.29 is 9.72 Å². The number of nitro benzene ring substituents is 1. The number of benzene rings is 1. The summed E-state index contributed by atoms with van der Waals surface area (Å²) in [4.78, 5) is 26.3. The monoisotopic (exact) mass is 392 g/mol. The summed E-state index contributed by atoms with van der Waals surface area (Å²) in [5.41, 5.74) is 1.57. The second-order valence-electron chi connectivity index (χ2n) is 7.42. The Morgan fingerprint density at radius 1 is 1.22 bits per heavy atom. The first kappa shape index (κ1) is 19.8. The molecule has 1 aromatic carbocycles. The summed E-state index contributed by atoms with van der Waals surface area (Å²) in [6, 6.07) is 3.34. The van der Waals surface area contributed by atoms with Crippen molar-refractivity contribution in [2.75, 3.05) is 41.9 Å². The number of amides is 1. The molecule has 1 aromatic rings. The van der Waals surface area contributed by atoms with E-state index >= 15 is 0 Å². The Balaban J connectivity index is 1.91. The zero-order chi connectivity index (χ0) is 19.4. The van der Waals surface area contributed by atoms with Gasteiger partial charge in [0.15, 0.2) is 0 Å². The SMILES string of the molecule is CNc1cc(N2CCSCC2)c(C(=O)N[C@H]2CC[C@H](C)CC2)cc1[N+](=O)[O-]. The molecule has 1 saturated heterocycles. The topological polar surface area (TPSA) is 87.5 Å². The molecule has 1 heterocycles. The van der Waals surface area contributed by atoms with E-state index in [1.165, 1.54) is 6.07 Å². The van der Waals surface area contributed by atoms with Gasteiger partial charge in [0.1, 0.15) is 5.69 Å². The zero-order valence-corrected chi connectivity index (χ0v) is 16.8. The van der Waals surface area contributed by atoms with E-state index in [9.17, 15) is 14.9 Å². The Labute approximate surface area is 164 Å². The van der Waals surface area contributed by atoms with E-state index in [1.54, 1.807) is 13.1 Å². The molecule has 7 nitrogen and oxygen atoms in total. The summed E-state index contributed by atoms with van der Waals surface area (Å²) >= 11 is 1.89. The highest BCUT2D eigenvalue weighted by atomic mass is 32.2. The van der Waals surface area contributed by atoms with Gasteiger partial charge in [-0.15, -0.1) is 0 Å². The Hall–Kier alpha value is -1.96. The standard InChI is InChI=1S/C19H28N4O3S/c1-13-3-5-14(6-4-13)21-19(24)15-11-18(23(25)26)16(20-2)12-17(15)22-7-9-27-10-8-22/h11-14,20H,3-10H2,1-2H3,(H,21,24)/t13-,14-. The van der Waals surface area contributed by atoms with Crippen molar-refractivity contribution in [3.05, 3.63) is 27.8 Å². The van der Waals surface area contributed by atoms with E-state index in [4.69, 9.17) is 0 Å². The molecule has 1 saturated carbocycles. The first-order valence-corrected chi connectivity index (χ1v) is 10.8. The van der Waals surface area contributed by atoms with Crippen LogP contribution in [0.4, 0.5) is 17.1 Å². The van der Waals surface area contributed by atoms with E-state index < -0.39 is 4.92 Å². The highest BCUT2D eigenvalue weighted by molar-refractivity contribution is 7.99. The zero-order valence-electron chi connectivity index (χ0n) is 16.0. The van der Waals surface area contributed by atoms with Gasteiger partial charge in [0.25, 0.3) is 11.6 Å². The van der Waals surface area contributed by atoms with Gasteiger partial charge in [-0.05, 0) is 37.7 Å². The third-order valence-electron chi connectivity index (χ3n) is 5.53. The molecule has 2 aliphatic rings. The van der Waals surface area contributed by atoms with Crippen LogP contribution in [0.25, 0.3) is 0 Å². The summed E-state index contributed by atoms with van der Waals surface area (Å²) in [7, 11) is 1.67. The lowest BCUT2D eigenvalue weighted by atomic mass is 9.87. The fourth-order valence-corrected chi connectivity index (χ4v) is 4.75. The van der Waals surface area contributed by atoms with Crippen molar-refractivity contribution in [3.63, 3.8) is 0 Å². The van der Waals surface area contributed by atoms with Crippen LogP contribution >= 0.6 is 11.8 Å². The predicted molar refractivity (Wildman–Crippen MR) is 111 cm³/mol. The molecule has 1 aliphatic heterocycles. The number of anilines is 2. The maximum atomic E-state index is 13.0. The van der Waals surface area contributed by atoms with Crippen LogP contribution in [0, 0.1) is 16.0 Å². The lowest BCUT2D eigenvalue weighted by molar-refractivity contribution is -0.383. The molecular weight excluding hydrogens is 364 g/mol. The third kappa shape index (κ3) is 4.66. The van der Waals surface area contributed by atoms with E-state index in [2.05, 4.69) is 22.5 Å². The largest absolute Gasteiger partial charge is 0.383 e. The quantitative estimate of drug-likeness (QED) is 0.589. The number of carbonyl (C=O) groups is 1. The number of carbonyl (C=O) groups excluding carboxylic acids is 1. The molecule has 0 spiro atoms. The van der Waals surface area contributed by atoms with Crippen molar-refractivity contribution >= 4 is 34.7 Å². The minimum Gasteiger partial charge on any atom is -0.383 e. The fraction of sp³-hybridized carbons (Fsp3) is 0.632. The molecule has 2 N–H and O–H groups in total. The van der Waals surface area contributed by atoms with Crippen LogP contribution in [0.5, 0.6) is 0 Å². The molecule has 0 aromatic heterocycles. The van der Waals surface area contributed by atoms with Gasteiger partial charge in [-0.25, -0.2) is 0 Å². The predicted octanol–water partition coefficient (Wildman–Crippen LogP) is 3.50. The highest BCUT2D eigenvalue weighted by Crippen LogP contribution is 2.35. The molecule has 8 heteroatoms. The Morgan fingerprint density at radius 2 is 1.89 bits per heavy atom. The molecule has 3 rings (SSSR count). The lowest BCUT2D eigenvalue weighted by Crippen LogP contribution is -2.39. The molecule has 0 bridgehead atoms. The maximum absolute atomic E-state index is 13.0. The van der Waals surface area contributed by atoms with Crippen LogP contribution < -0.4 is 15.5 Å². The molecule has 1 aliphatic carbocycles. The van der Waals surface area contributed by atoms with Gasteiger partial charge in [0.2, 0.25) is 0 Å². The molecule has 27 heavy (non-hydrogen) atoms. The summed E-state index contributed by atoms with van der Waals surface area (Å²) in [5.74, 6) is 2.49. The van der Waals surface area contributed by atoms with E-state index in [0.717, 1.165) is 56.0 Å². The fourth-order valence-electron chi connectivity index (χ4n) is 3.84. The van der Waals surface area contributed by atoms with E-state index in [0.29, 0.717) is 17.2 Å². The first-order valence-electron chi connectivity index (χ1n) is 9.63. The van der Waals surface area contributed by atoms with E-state index in [-0.39, 0.29) is 17.6 Å². The smallest absolute Gasteiger partial charge is 0.293 e. The summed E-state index contributed by atoms with van der Waals surface area (Å²) in [6.07, 6.45) is 4.17. The number of nitro groups is 1. The van der Waals surface area contributed by atoms with Crippen LogP contribution in [-0.2, 0) is 0 Å². The van der Waals surface area contributed by atoms with E-state index in [1.807, 2.05) is 11.8 Å². The summed E-state index contributed by atoms with van der Waals surface area (Å²) in [5, 5.41) is 17.5. The number of nitrogens with zero attached hydrogens (tertiary/aromatic N) is 2. The van der Waals surface area contributed by atoms with Gasteiger partial charge >= 0.3 is 0 Å². The van der Waals surface area contributed by atoms with Crippen LogP contribution in [0.1, 0.15) is 43.0 Å². The first-order chi connectivity index (χ1) is 13.0. The summed E-state index contributed by atoms with van der Waals surface area (Å²) < 4.78 is 0. The highest BCUT2D eigenvalue weighted by Gasteiger charge is 2.27. The van der Waals surface area contributed by atoms with Crippen molar-refractivity contribution in [1.29, 1.82) is 0 Å². The molecular formula is C19H28N4O3S. The average Bonchev–Trinajstić information content (AvgIpc) is 2.69. The lowest BCUT2D eigenvalue weighted by Gasteiger charge is -2.31. The number of rotatable bonds is 5. The van der Waals surface area contributed by atoms with Crippen molar-refractivity contribution in [1.82, 2.24) is 5.32 Å². The van der Waals surface area contributed by atoms with Gasteiger partial charge in [-0.3, -0.25) is 14.9 Å². The van der Waals surface area contributed by atoms with Gasteiger partial charge in [-0.1, -0.05) is 6.92 Å². The van der Waals surface area contributed by atoms with Gasteiger partial charge in [-0.2, -0.15) is 11.8 Å². The normalized spacial score (nSPS) is 23.0. The third-order valence-corrected chi connectivity index (χ3v) is 6.47. The van der Waals surface area contributed by atoms with Crippen molar-refractivity contribution in [2.24, 2.45) is 5.92 Å². The van der Waals surface area contributed by atoms with Crippen molar-refractivity contribution in [2.45, 2.75) is 38.6 Å². The molecule has 1 amide bonds. The van der Waals surface area contributed by atoms with Gasteiger partial charge in [0.05, 0.1) is 16.2 Å². The van der Waals surface area contributed by atoms with Crippen LogP contribution in [0.3, 0.4) is 0 Å². The minimum atomic E-state index is -0.430. The number of nitrogens with one attached hydrogen (secondary N) is 2. The van der Waals surface area contributed by atoms with Crippen LogP contribution in [0.2, 0.25) is 0 Å². The Morgan fingerprint density at radius 3 is 2.48 bits per heavy atom. The van der Waals surface area contributed by atoms with Gasteiger partial charge in [0, 0.05) is 43.8 Å². The average molecular weight is 393 g/mol. The second kappa shape index (κ2) is 8.82. The molecule has 0 unspecified atom stereocenters. The molecule has 0 atom stereocenters. The number of hydrogen-bond acceptors (Lipinski definition) is 6.